The molecule has 0 bridgehead atoms. The van der Waals surface area contributed by atoms with E-state index >= 15 is 0 Å². The molecule has 0 spiro atoms. The van der Waals surface area contributed by atoms with Crippen LogP contribution in [0.1, 0.15) is 25.3 Å². The number of amides is 1. The van der Waals surface area contributed by atoms with E-state index in [1.807, 2.05) is 24.3 Å². The van der Waals surface area contributed by atoms with Crippen molar-refractivity contribution in [1.82, 2.24) is 5.32 Å². The summed E-state index contributed by atoms with van der Waals surface area (Å²) in [6, 6.07) is 13.4. The van der Waals surface area contributed by atoms with E-state index in [0.29, 0.717) is 23.7 Å². The molecule has 158 valence electrons. The zero-order chi connectivity index (χ0) is 21.4. The fraction of sp³-hybridized carbons (Fsp3) is 0.381. The third-order valence-electron chi connectivity index (χ3n) is 4.49. The van der Waals surface area contributed by atoms with Crippen LogP contribution >= 0.6 is 11.6 Å². The van der Waals surface area contributed by atoms with Crippen molar-refractivity contribution in [3.05, 3.63) is 59.1 Å². The number of ether oxygens (including phenoxy) is 1. The summed E-state index contributed by atoms with van der Waals surface area (Å²) in [6.07, 6.45) is 2.97. The molecule has 29 heavy (non-hydrogen) atoms. The van der Waals surface area contributed by atoms with Crippen molar-refractivity contribution in [1.29, 1.82) is 0 Å². The Morgan fingerprint density at radius 2 is 1.90 bits per heavy atom. The van der Waals surface area contributed by atoms with Gasteiger partial charge in [0.2, 0.25) is 15.9 Å². The summed E-state index contributed by atoms with van der Waals surface area (Å²) in [6.45, 7) is 2.23. The lowest BCUT2D eigenvalue weighted by Crippen LogP contribution is -2.49. The van der Waals surface area contributed by atoms with Crippen LogP contribution < -0.4 is 14.4 Å². The molecule has 0 radical (unpaired) electrons. The molecule has 0 aliphatic heterocycles. The second-order valence-electron chi connectivity index (χ2n) is 6.71. The van der Waals surface area contributed by atoms with Gasteiger partial charge in [0.25, 0.3) is 0 Å². The number of carbonyl (C=O) groups is 1. The van der Waals surface area contributed by atoms with Crippen LogP contribution in [0.3, 0.4) is 0 Å². The molecule has 6 nitrogen and oxygen atoms in total. The predicted octanol–water partition coefficient (Wildman–Crippen LogP) is 3.64. The number of rotatable bonds is 10. The lowest BCUT2D eigenvalue weighted by Gasteiger charge is -2.30. The van der Waals surface area contributed by atoms with Gasteiger partial charge in [0.1, 0.15) is 11.8 Å². The minimum atomic E-state index is -3.67. The quantitative estimate of drug-likeness (QED) is 0.574. The van der Waals surface area contributed by atoms with Gasteiger partial charge in [-0.2, -0.15) is 0 Å². The number of methoxy groups -OCH3 is 1. The molecule has 0 aromatic heterocycles. The maximum absolute atomic E-state index is 12.7. The molecule has 1 amide bonds. The van der Waals surface area contributed by atoms with E-state index in [9.17, 15) is 13.2 Å². The van der Waals surface area contributed by atoms with Crippen LogP contribution in [0.15, 0.2) is 48.5 Å². The summed E-state index contributed by atoms with van der Waals surface area (Å²) >= 11 is 6.02. The largest absolute Gasteiger partial charge is 0.497 e. The highest BCUT2D eigenvalue weighted by molar-refractivity contribution is 7.92. The molecule has 1 N–H and O–H groups in total. The van der Waals surface area contributed by atoms with E-state index in [1.165, 1.54) is 0 Å². The maximum atomic E-state index is 12.7. The lowest BCUT2D eigenvalue weighted by molar-refractivity contribution is -0.122. The van der Waals surface area contributed by atoms with Gasteiger partial charge >= 0.3 is 0 Å². The number of benzene rings is 2. The standard InChI is InChI=1S/C21H27ClN2O4S/c1-4-20(24(29(3,26)27)18-9-5-8-17(22)15-18)21(25)23-14-6-7-16-10-12-19(28-2)13-11-16/h5,8-13,15,20H,4,6-7,14H2,1-3H3,(H,23,25)/t20-/m1/s1. The first-order chi connectivity index (χ1) is 13.8. The third kappa shape index (κ3) is 6.65. The van der Waals surface area contributed by atoms with Crippen molar-refractivity contribution >= 4 is 33.2 Å². The SMILES string of the molecule is CC[C@H](C(=O)NCCCc1ccc(OC)cc1)N(c1cccc(Cl)c1)S(C)(=O)=O. The molecule has 0 fully saturated rings. The predicted molar refractivity (Wildman–Crippen MR) is 117 cm³/mol. The Morgan fingerprint density at radius 1 is 1.21 bits per heavy atom. The van der Waals surface area contributed by atoms with E-state index in [4.69, 9.17) is 16.3 Å². The van der Waals surface area contributed by atoms with E-state index in [-0.39, 0.29) is 5.91 Å². The highest BCUT2D eigenvalue weighted by Gasteiger charge is 2.31. The first kappa shape index (κ1) is 23.0. The minimum absolute atomic E-state index is 0.326. The Balaban J connectivity index is 2.01. The molecule has 1 atom stereocenters. The Hall–Kier alpha value is -2.25. The second kappa shape index (κ2) is 10.5. The van der Waals surface area contributed by atoms with Crippen LogP contribution in [0, 0.1) is 0 Å². The van der Waals surface area contributed by atoms with Crippen LogP contribution in [0.2, 0.25) is 5.02 Å². The van der Waals surface area contributed by atoms with Crippen molar-refractivity contribution in [2.24, 2.45) is 0 Å². The van der Waals surface area contributed by atoms with Gasteiger partial charge in [-0.25, -0.2) is 8.42 Å². The van der Waals surface area contributed by atoms with Gasteiger partial charge in [-0.05, 0) is 55.2 Å². The number of aryl methyl sites for hydroxylation is 1. The van der Waals surface area contributed by atoms with Gasteiger partial charge < -0.3 is 10.1 Å². The van der Waals surface area contributed by atoms with Gasteiger partial charge in [0.05, 0.1) is 19.1 Å². The van der Waals surface area contributed by atoms with Crippen LogP contribution in [0.4, 0.5) is 5.69 Å². The summed E-state index contributed by atoms with van der Waals surface area (Å²) in [5, 5.41) is 3.27. The highest BCUT2D eigenvalue weighted by Crippen LogP contribution is 2.25. The molecule has 0 unspecified atom stereocenters. The van der Waals surface area contributed by atoms with Crippen molar-refractivity contribution in [3.8, 4) is 5.75 Å². The first-order valence-corrected chi connectivity index (χ1v) is 11.6. The molecule has 0 heterocycles. The van der Waals surface area contributed by atoms with Gasteiger partial charge in [-0.1, -0.05) is 36.7 Å². The molecule has 0 aliphatic rings. The fourth-order valence-corrected chi connectivity index (χ4v) is 4.48. The summed E-state index contributed by atoms with van der Waals surface area (Å²) in [7, 11) is -2.05. The summed E-state index contributed by atoms with van der Waals surface area (Å²) in [4.78, 5) is 12.7. The topological polar surface area (TPSA) is 75.7 Å². The Kier molecular flexibility index (Phi) is 8.34. The fourth-order valence-electron chi connectivity index (χ4n) is 3.09. The number of nitrogens with one attached hydrogen (secondary N) is 1. The second-order valence-corrected chi connectivity index (χ2v) is 9.00. The molecule has 8 heteroatoms. The molecular weight excluding hydrogens is 412 g/mol. The van der Waals surface area contributed by atoms with Crippen molar-refractivity contribution in [3.63, 3.8) is 0 Å². The molecule has 2 aromatic rings. The maximum Gasteiger partial charge on any atom is 0.243 e. The normalized spacial score (nSPS) is 12.3. The molecule has 0 saturated carbocycles. The van der Waals surface area contributed by atoms with Crippen molar-refractivity contribution < 1.29 is 17.9 Å². The Labute approximate surface area is 177 Å². The molecule has 0 aliphatic carbocycles. The zero-order valence-corrected chi connectivity index (χ0v) is 18.5. The van der Waals surface area contributed by atoms with Gasteiger partial charge in [-0.15, -0.1) is 0 Å². The van der Waals surface area contributed by atoms with Crippen LogP contribution in [0.25, 0.3) is 0 Å². The third-order valence-corrected chi connectivity index (χ3v) is 5.91. The monoisotopic (exact) mass is 438 g/mol. The first-order valence-electron chi connectivity index (χ1n) is 9.42. The number of hydrogen-bond donors (Lipinski definition) is 1. The number of sulfonamides is 1. The average molecular weight is 439 g/mol. The molecular formula is C21H27ClN2O4S. The summed E-state index contributed by atoms with van der Waals surface area (Å²) in [5.74, 6) is 0.474. The van der Waals surface area contributed by atoms with Crippen LogP contribution in [-0.4, -0.2) is 40.3 Å². The highest BCUT2D eigenvalue weighted by atomic mass is 35.5. The van der Waals surface area contributed by atoms with Crippen LogP contribution in [-0.2, 0) is 21.2 Å². The summed E-state index contributed by atoms with van der Waals surface area (Å²) in [5.41, 5.74) is 1.52. The van der Waals surface area contributed by atoms with Crippen LogP contribution in [0.5, 0.6) is 5.75 Å². The lowest BCUT2D eigenvalue weighted by atomic mass is 10.1. The molecule has 0 saturated heterocycles. The average Bonchev–Trinajstić information content (AvgIpc) is 2.68. The number of anilines is 1. The van der Waals surface area contributed by atoms with Gasteiger partial charge in [0, 0.05) is 11.6 Å². The van der Waals surface area contributed by atoms with Crippen molar-refractivity contribution in [2.75, 3.05) is 24.2 Å². The van der Waals surface area contributed by atoms with E-state index in [0.717, 1.165) is 34.7 Å². The number of carbonyl (C=O) groups excluding carboxylic acids is 1. The molecule has 2 aromatic carbocycles. The van der Waals surface area contributed by atoms with E-state index < -0.39 is 16.1 Å². The van der Waals surface area contributed by atoms with E-state index in [1.54, 1.807) is 38.3 Å². The minimum Gasteiger partial charge on any atom is -0.497 e. The number of nitrogens with zero attached hydrogens (tertiary/aromatic N) is 1. The number of hydrogen-bond acceptors (Lipinski definition) is 4. The summed E-state index contributed by atoms with van der Waals surface area (Å²) < 4.78 is 31.1. The van der Waals surface area contributed by atoms with Gasteiger partial charge in [-0.3, -0.25) is 9.10 Å². The Bertz CT molecular complexity index is 917. The smallest absolute Gasteiger partial charge is 0.243 e. The number of halogens is 1. The van der Waals surface area contributed by atoms with Crippen molar-refractivity contribution in [2.45, 2.75) is 32.2 Å². The van der Waals surface area contributed by atoms with Gasteiger partial charge in [0.15, 0.2) is 0 Å². The molecule has 2 rings (SSSR count). The Morgan fingerprint density at radius 3 is 2.45 bits per heavy atom. The zero-order valence-electron chi connectivity index (χ0n) is 16.9. The van der Waals surface area contributed by atoms with E-state index in [2.05, 4.69) is 5.32 Å².